The molecule has 0 saturated carbocycles. The van der Waals surface area contributed by atoms with Gasteiger partial charge in [0.05, 0.1) is 13.2 Å². The van der Waals surface area contributed by atoms with Gasteiger partial charge in [-0.1, -0.05) is 29.0 Å². The summed E-state index contributed by atoms with van der Waals surface area (Å²) in [5.41, 5.74) is 1.86. The van der Waals surface area contributed by atoms with Crippen LogP contribution in [0.2, 0.25) is 0 Å². The largest absolute Gasteiger partial charge is 0.347 e. The molecule has 30 heavy (non-hydrogen) atoms. The van der Waals surface area contributed by atoms with E-state index in [1.54, 1.807) is 0 Å². The molecule has 8 nitrogen and oxygen atoms in total. The molecule has 0 unspecified atom stereocenters. The van der Waals surface area contributed by atoms with Crippen molar-refractivity contribution < 1.29 is 19.1 Å². The molecule has 3 heterocycles. The summed E-state index contributed by atoms with van der Waals surface area (Å²) in [4.78, 5) is 26.7. The Morgan fingerprint density at radius 3 is 2.53 bits per heavy atom. The minimum atomic E-state index is -0.459. The first-order valence-corrected chi connectivity index (χ1v) is 11.1. The van der Waals surface area contributed by atoms with E-state index in [0.717, 1.165) is 29.1 Å². The number of amides is 2. The molecule has 4 rings (SSSR count). The average molecular weight is 431 g/mol. The van der Waals surface area contributed by atoms with Crippen molar-refractivity contribution in [2.75, 3.05) is 31.6 Å². The van der Waals surface area contributed by atoms with Crippen molar-refractivity contribution in [1.82, 2.24) is 15.1 Å². The van der Waals surface area contributed by atoms with Gasteiger partial charge in [0.1, 0.15) is 5.01 Å². The van der Waals surface area contributed by atoms with Crippen LogP contribution in [-0.2, 0) is 20.7 Å². The van der Waals surface area contributed by atoms with Crippen molar-refractivity contribution in [3.8, 4) is 0 Å². The molecule has 0 bridgehead atoms. The highest BCUT2D eigenvalue weighted by atomic mass is 32.1. The summed E-state index contributed by atoms with van der Waals surface area (Å²) in [5, 5.41) is 12.0. The fourth-order valence-electron chi connectivity index (χ4n) is 3.70. The molecule has 2 amide bonds. The molecule has 0 atom stereocenters. The molecular weight excluding hydrogens is 404 g/mol. The summed E-state index contributed by atoms with van der Waals surface area (Å²) in [6, 6.07) is 7.59. The maximum atomic E-state index is 12.5. The maximum Gasteiger partial charge on any atom is 0.286 e. The normalized spacial score (nSPS) is 18.0. The monoisotopic (exact) mass is 430 g/mol. The molecule has 2 saturated heterocycles. The standard InChI is InChI=1S/C21H26N4O4S/c1-15-5-7-16(8-6-15)22-19(27)20-24-23-17(30-20)3-2-4-18(26)25-11-9-21(10-12-25)28-13-14-29-21/h5-8H,2-4,9-14H2,1H3,(H,22,27). The second-order valence-electron chi connectivity index (χ2n) is 7.66. The van der Waals surface area contributed by atoms with Gasteiger partial charge in [-0.2, -0.15) is 0 Å². The molecule has 9 heteroatoms. The van der Waals surface area contributed by atoms with Gasteiger partial charge in [0, 0.05) is 44.5 Å². The van der Waals surface area contributed by atoms with E-state index in [-0.39, 0.29) is 11.8 Å². The number of aromatic nitrogens is 2. The number of aryl methyl sites for hydroxylation is 2. The highest BCUT2D eigenvalue weighted by Crippen LogP contribution is 2.31. The molecule has 1 aromatic carbocycles. The van der Waals surface area contributed by atoms with Gasteiger partial charge in [-0.15, -0.1) is 10.2 Å². The van der Waals surface area contributed by atoms with Crippen LogP contribution in [0.15, 0.2) is 24.3 Å². The molecule has 0 aliphatic carbocycles. The van der Waals surface area contributed by atoms with Crippen LogP contribution in [0.5, 0.6) is 0 Å². The molecule has 0 radical (unpaired) electrons. The van der Waals surface area contributed by atoms with E-state index >= 15 is 0 Å². The minimum absolute atomic E-state index is 0.143. The zero-order valence-corrected chi connectivity index (χ0v) is 17.9. The molecule has 2 aliphatic rings. The number of nitrogens with zero attached hydrogens (tertiary/aromatic N) is 3. The third-order valence-electron chi connectivity index (χ3n) is 5.44. The Labute approximate surface area is 179 Å². The van der Waals surface area contributed by atoms with Gasteiger partial charge in [0.25, 0.3) is 5.91 Å². The lowest BCUT2D eigenvalue weighted by Crippen LogP contribution is -2.47. The number of anilines is 1. The average Bonchev–Trinajstić information content (AvgIpc) is 3.40. The maximum absolute atomic E-state index is 12.5. The number of carbonyl (C=O) groups excluding carboxylic acids is 2. The van der Waals surface area contributed by atoms with Crippen LogP contribution in [0.25, 0.3) is 0 Å². The SMILES string of the molecule is Cc1ccc(NC(=O)c2nnc(CCCC(=O)N3CCC4(CC3)OCCO4)s2)cc1. The van der Waals surface area contributed by atoms with Crippen LogP contribution in [0, 0.1) is 6.92 Å². The van der Waals surface area contributed by atoms with E-state index in [9.17, 15) is 9.59 Å². The molecule has 160 valence electrons. The van der Waals surface area contributed by atoms with Crippen molar-refractivity contribution >= 4 is 28.8 Å². The Morgan fingerprint density at radius 2 is 1.83 bits per heavy atom. The third kappa shape index (κ3) is 5.03. The Bertz CT molecular complexity index is 883. The number of hydrogen-bond donors (Lipinski definition) is 1. The van der Waals surface area contributed by atoms with Crippen LogP contribution in [0.4, 0.5) is 5.69 Å². The second kappa shape index (κ2) is 9.20. The quantitative estimate of drug-likeness (QED) is 0.757. The van der Waals surface area contributed by atoms with Crippen molar-refractivity contribution in [3.63, 3.8) is 0 Å². The predicted octanol–water partition coefficient (Wildman–Crippen LogP) is 2.79. The Balaban J connectivity index is 1.20. The van der Waals surface area contributed by atoms with Crippen LogP contribution in [0.1, 0.15) is 46.1 Å². The second-order valence-corrected chi connectivity index (χ2v) is 8.73. The van der Waals surface area contributed by atoms with Gasteiger partial charge in [0.2, 0.25) is 10.9 Å². The summed E-state index contributed by atoms with van der Waals surface area (Å²) in [5.74, 6) is -0.583. The fraction of sp³-hybridized carbons (Fsp3) is 0.524. The van der Waals surface area contributed by atoms with Crippen LogP contribution >= 0.6 is 11.3 Å². The highest BCUT2D eigenvalue weighted by Gasteiger charge is 2.40. The van der Waals surface area contributed by atoms with Gasteiger partial charge in [-0.05, 0) is 25.5 Å². The number of likely N-dealkylation sites (tertiary alicyclic amines) is 1. The van der Waals surface area contributed by atoms with Gasteiger partial charge in [0.15, 0.2) is 5.79 Å². The first-order valence-electron chi connectivity index (χ1n) is 10.3. The van der Waals surface area contributed by atoms with Crippen molar-refractivity contribution in [2.24, 2.45) is 0 Å². The third-order valence-corrected chi connectivity index (χ3v) is 6.43. The number of rotatable bonds is 6. The van der Waals surface area contributed by atoms with Crippen LogP contribution in [-0.4, -0.2) is 59.0 Å². The minimum Gasteiger partial charge on any atom is -0.347 e. The van der Waals surface area contributed by atoms with E-state index in [1.165, 1.54) is 11.3 Å². The van der Waals surface area contributed by atoms with Crippen molar-refractivity contribution in [2.45, 2.75) is 44.8 Å². The van der Waals surface area contributed by atoms with Gasteiger partial charge >= 0.3 is 0 Å². The van der Waals surface area contributed by atoms with Crippen LogP contribution in [0.3, 0.4) is 0 Å². The zero-order chi connectivity index (χ0) is 21.0. The summed E-state index contributed by atoms with van der Waals surface area (Å²) in [6.45, 7) is 4.61. The number of carbonyl (C=O) groups is 2. The first-order chi connectivity index (χ1) is 14.5. The van der Waals surface area contributed by atoms with Gasteiger partial charge < -0.3 is 19.7 Å². The topological polar surface area (TPSA) is 93.7 Å². The highest BCUT2D eigenvalue weighted by molar-refractivity contribution is 7.13. The van der Waals surface area contributed by atoms with E-state index < -0.39 is 5.79 Å². The number of piperidine rings is 1. The van der Waals surface area contributed by atoms with Gasteiger partial charge in [-0.3, -0.25) is 9.59 Å². The van der Waals surface area contributed by atoms with Gasteiger partial charge in [-0.25, -0.2) is 0 Å². The summed E-state index contributed by atoms with van der Waals surface area (Å²) in [6.07, 6.45) is 3.23. The lowest BCUT2D eigenvalue weighted by atomic mass is 10.0. The van der Waals surface area contributed by atoms with E-state index in [1.807, 2.05) is 36.1 Å². The Hall–Kier alpha value is -2.36. The number of benzene rings is 1. The molecule has 1 N–H and O–H groups in total. The molecule has 2 aliphatic heterocycles. The lowest BCUT2D eigenvalue weighted by Gasteiger charge is -2.37. The molecule has 2 aromatic rings. The Morgan fingerprint density at radius 1 is 1.13 bits per heavy atom. The number of hydrogen-bond acceptors (Lipinski definition) is 7. The fourth-order valence-corrected chi connectivity index (χ4v) is 4.48. The first kappa shape index (κ1) is 20.9. The Kier molecular flexibility index (Phi) is 6.40. The number of ether oxygens (including phenoxy) is 2. The van der Waals surface area contributed by atoms with E-state index in [0.29, 0.717) is 50.6 Å². The van der Waals surface area contributed by atoms with Crippen molar-refractivity contribution in [1.29, 1.82) is 0 Å². The van der Waals surface area contributed by atoms with Crippen LogP contribution < -0.4 is 5.32 Å². The summed E-state index contributed by atoms with van der Waals surface area (Å²) < 4.78 is 11.4. The molecular formula is C21H26N4O4S. The van der Waals surface area contributed by atoms with Crippen molar-refractivity contribution in [3.05, 3.63) is 39.8 Å². The summed E-state index contributed by atoms with van der Waals surface area (Å²) in [7, 11) is 0. The summed E-state index contributed by atoms with van der Waals surface area (Å²) >= 11 is 1.27. The van der Waals surface area contributed by atoms with E-state index in [2.05, 4.69) is 15.5 Å². The molecule has 1 spiro atoms. The number of nitrogens with one attached hydrogen (secondary N) is 1. The van der Waals surface area contributed by atoms with E-state index in [4.69, 9.17) is 9.47 Å². The smallest absolute Gasteiger partial charge is 0.286 e. The molecule has 1 aromatic heterocycles. The predicted molar refractivity (Wildman–Crippen MR) is 112 cm³/mol. The zero-order valence-electron chi connectivity index (χ0n) is 17.1. The molecule has 2 fully saturated rings. The lowest BCUT2D eigenvalue weighted by molar-refractivity contribution is -0.187.